The SMILES string of the molecule is CC(C)(C(=O)N1CCN(CC(=O)N2CCCC2)CC1)N1CCOCC1. The van der Waals surface area contributed by atoms with Gasteiger partial charge in [0.05, 0.1) is 25.3 Å². The predicted octanol–water partition coefficient (Wildman–Crippen LogP) is -0.136. The maximum atomic E-state index is 13.0. The lowest BCUT2D eigenvalue weighted by molar-refractivity contribution is -0.147. The van der Waals surface area contributed by atoms with E-state index in [1.54, 1.807) is 0 Å². The summed E-state index contributed by atoms with van der Waals surface area (Å²) < 4.78 is 5.40. The molecule has 3 rings (SSSR count). The van der Waals surface area contributed by atoms with Crippen LogP contribution < -0.4 is 0 Å². The van der Waals surface area contributed by atoms with Gasteiger partial charge in [-0.1, -0.05) is 0 Å². The fourth-order valence-corrected chi connectivity index (χ4v) is 4.01. The minimum atomic E-state index is -0.489. The molecule has 0 aromatic rings. The Bertz CT molecular complexity index is 477. The Morgan fingerprint density at radius 3 is 2.04 bits per heavy atom. The van der Waals surface area contributed by atoms with Crippen molar-refractivity contribution in [2.24, 2.45) is 0 Å². The van der Waals surface area contributed by atoms with Crippen LogP contribution in [0.15, 0.2) is 0 Å². The quantitative estimate of drug-likeness (QED) is 0.705. The second-order valence-electron chi connectivity index (χ2n) is 7.81. The summed E-state index contributed by atoms with van der Waals surface area (Å²) in [5, 5.41) is 0. The van der Waals surface area contributed by atoms with Gasteiger partial charge >= 0.3 is 0 Å². The van der Waals surface area contributed by atoms with Crippen molar-refractivity contribution in [1.82, 2.24) is 19.6 Å². The Balaban J connectivity index is 1.47. The zero-order valence-corrected chi connectivity index (χ0v) is 15.7. The largest absolute Gasteiger partial charge is 0.379 e. The van der Waals surface area contributed by atoms with E-state index in [-0.39, 0.29) is 11.8 Å². The third kappa shape index (κ3) is 4.33. The van der Waals surface area contributed by atoms with Crippen molar-refractivity contribution in [3.63, 3.8) is 0 Å². The first kappa shape index (κ1) is 18.6. The fourth-order valence-electron chi connectivity index (χ4n) is 4.01. The molecule has 0 radical (unpaired) electrons. The summed E-state index contributed by atoms with van der Waals surface area (Å²) in [5.74, 6) is 0.436. The van der Waals surface area contributed by atoms with Gasteiger partial charge in [-0.2, -0.15) is 0 Å². The lowest BCUT2D eigenvalue weighted by Gasteiger charge is -2.44. The molecule has 25 heavy (non-hydrogen) atoms. The van der Waals surface area contributed by atoms with Crippen molar-refractivity contribution < 1.29 is 14.3 Å². The number of hydrogen-bond donors (Lipinski definition) is 0. The molecule has 0 aromatic carbocycles. The zero-order chi connectivity index (χ0) is 17.9. The number of amides is 2. The standard InChI is InChI=1S/C18H32N4O3/c1-18(2,22-11-13-25-14-12-22)17(24)21-9-7-19(8-10-21)15-16(23)20-5-3-4-6-20/h3-15H2,1-2H3. The number of morpholine rings is 1. The number of nitrogens with zero attached hydrogens (tertiary/aromatic N) is 4. The van der Waals surface area contributed by atoms with E-state index in [0.29, 0.717) is 32.8 Å². The van der Waals surface area contributed by atoms with E-state index in [9.17, 15) is 9.59 Å². The molecule has 7 nitrogen and oxygen atoms in total. The van der Waals surface area contributed by atoms with Gasteiger partial charge in [0.2, 0.25) is 11.8 Å². The molecular formula is C18H32N4O3. The first-order chi connectivity index (χ1) is 12.0. The van der Waals surface area contributed by atoms with E-state index >= 15 is 0 Å². The Morgan fingerprint density at radius 2 is 1.44 bits per heavy atom. The minimum Gasteiger partial charge on any atom is -0.379 e. The molecule has 3 aliphatic rings. The average molecular weight is 352 g/mol. The summed E-state index contributed by atoms with van der Waals surface area (Å²) in [6.45, 7) is 12.3. The van der Waals surface area contributed by atoms with E-state index < -0.39 is 5.54 Å². The molecule has 0 aliphatic carbocycles. The Labute approximate surface area is 150 Å². The van der Waals surface area contributed by atoms with Crippen molar-refractivity contribution in [3.05, 3.63) is 0 Å². The molecule has 3 aliphatic heterocycles. The van der Waals surface area contributed by atoms with E-state index in [4.69, 9.17) is 4.74 Å². The van der Waals surface area contributed by atoms with E-state index in [1.165, 1.54) is 0 Å². The smallest absolute Gasteiger partial charge is 0.242 e. The molecule has 7 heteroatoms. The second-order valence-corrected chi connectivity index (χ2v) is 7.81. The molecular weight excluding hydrogens is 320 g/mol. The predicted molar refractivity (Wildman–Crippen MR) is 95.3 cm³/mol. The highest BCUT2D eigenvalue weighted by molar-refractivity contribution is 5.85. The van der Waals surface area contributed by atoms with Crippen molar-refractivity contribution in [2.75, 3.05) is 72.1 Å². The highest BCUT2D eigenvalue weighted by Crippen LogP contribution is 2.20. The Hall–Kier alpha value is -1.18. The van der Waals surface area contributed by atoms with Gasteiger partial charge in [-0.3, -0.25) is 19.4 Å². The third-order valence-electron chi connectivity index (χ3n) is 5.80. The van der Waals surface area contributed by atoms with Crippen LogP contribution in [0.2, 0.25) is 0 Å². The number of hydrogen-bond acceptors (Lipinski definition) is 5. The van der Waals surface area contributed by atoms with Gasteiger partial charge in [0.1, 0.15) is 0 Å². The van der Waals surface area contributed by atoms with E-state index in [0.717, 1.165) is 52.1 Å². The van der Waals surface area contributed by atoms with Gasteiger partial charge in [0.15, 0.2) is 0 Å². The molecule has 0 N–H and O–H groups in total. The van der Waals surface area contributed by atoms with Crippen LogP contribution in [-0.2, 0) is 14.3 Å². The second kappa shape index (κ2) is 8.01. The van der Waals surface area contributed by atoms with Crippen molar-refractivity contribution in [3.8, 4) is 0 Å². The van der Waals surface area contributed by atoms with Gasteiger partial charge in [0.25, 0.3) is 0 Å². The van der Waals surface area contributed by atoms with Crippen LogP contribution in [0.1, 0.15) is 26.7 Å². The maximum Gasteiger partial charge on any atom is 0.242 e. The number of carbonyl (C=O) groups is 2. The van der Waals surface area contributed by atoms with Gasteiger partial charge in [-0.05, 0) is 26.7 Å². The van der Waals surface area contributed by atoms with Crippen LogP contribution in [0.25, 0.3) is 0 Å². The van der Waals surface area contributed by atoms with Crippen molar-refractivity contribution >= 4 is 11.8 Å². The molecule has 3 heterocycles. The van der Waals surface area contributed by atoms with Crippen molar-refractivity contribution in [2.45, 2.75) is 32.2 Å². The van der Waals surface area contributed by atoms with Crippen LogP contribution in [-0.4, -0.2) is 109 Å². The zero-order valence-electron chi connectivity index (χ0n) is 15.7. The van der Waals surface area contributed by atoms with Gasteiger partial charge < -0.3 is 14.5 Å². The molecule has 0 unspecified atom stereocenters. The molecule has 0 saturated carbocycles. The normalized spacial score (nSPS) is 23.9. The molecule has 0 aromatic heterocycles. The Kier molecular flexibility index (Phi) is 5.96. The summed E-state index contributed by atoms with van der Waals surface area (Å²) in [7, 11) is 0. The molecule has 3 saturated heterocycles. The highest BCUT2D eigenvalue weighted by atomic mass is 16.5. The monoisotopic (exact) mass is 352 g/mol. The highest BCUT2D eigenvalue weighted by Gasteiger charge is 2.39. The Morgan fingerprint density at radius 1 is 0.840 bits per heavy atom. The minimum absolute atomic E-state index is 0.194. The first-order valence-corrected chi connectivity index (χ1v) is 9.61. The molecule has 2 amide bonds. The first-order valence-electron chi connectivity index (χ1n) is 9.61. The third-order valence-corrected chi connectivity index (χ3v) is 5.80. The topological polar surface area (TPSA) is 56.3 Å². The van der Waals surface area contributed by atoms with Gasteiger partial charge in [0, 0.05) is 52.4 Å². The fraction of sp³-hybridized carbons (Fsp3) is 0.889. The van der Waals surface area contributed by atoms with E-state index in [1.807, 2.05) is 23.6 Å². The van der Waals surface area contributed by atoms with Gasteiger partial charge in [-0.25, -0.2) is 0 Å². The number of ether oxygens (including phenoxy) is 1. The van der Waals surface area contributed by atoms with Crippen LogP contribution in [0.5, 0.6) is 0 Å². The maximum absolute atomic E-state index is 13.0. The van der Waals surface area contributed by atoms with Crippen LogP contribution in [0.4, 0.5) is 0 Å². The molecule has 3 fully saturated rings. The molecule has 142 valence electrons. The van der Waals surface area contributed by atoms with Crippen LogP contribution in [0.3, 0.4) is 0 Å². The summed E-state index contributed by atoms with van der Waals surface area (Å²) >= 11 is 0. The van der Waals surface area contributed by atoms with E-state index in [2.05, 4.69) is 9.80 Å². The number of piperazine rings is 1. The number of carbonyl (C=O) groups excluding carboxylic acids is 2. The summed E-state index contributed by atoms with van der Waals surface area (Å²) in [6.07, 6.45) is 2.26. The summed E-state index contributed by atoms with van der Waals surface area (Å²) in [6, 6.07) is 0. The van der Waals surface area contributed by atoms with Crippen LogP contribution >= 0.6 is 0 Å². The van der Waals surface area contributed by atoms with Crippen molar-refractivity contribution in [1.29, 1.82) is 0 Å². The summed E-state index contributed by atoms with van der Waals surface area (Å²) in [4.78, 5) is 33.6. The number of rotatable bonds is 4. The van der Waals surface area contributed by atoms with Gasteiger partial charge in [-0.15, -0.1) is 0 Å². The lowest BCUT2D eigenvalue weighted by atomic mass is 9.99. The molecule has 0 atom stereocenters. The summed E-state index contributed by atoms with van der Waals surface area (Å²) in [5.41, 5.74) is -0.489. The molecule has 0 spiro atoms. The average Bonchev–Trinajstić information content (AvgIpc) is 3.17. The van der Waals surface area contributed by atoms with Crippen LogP contribution in [0, 0.1) is 0 Å². The lowest BCUT2D eigenvalue weighted by Crippen LogP contribution is -2.61. The molecule has 0 bridgehead atoms. The number of likely N-dealkylation sites (tertiary alicyclic amines) is 1.